The van der Waals surface area contributed by atoms with Crippen LogP contribution < -0.4 is 11.1 Å². The zero-order chi connectivity index (χ0) is 20.4. The van der Waals surface area contributed by atoms with Gasteiger partial charge in [-0.2, -0.15) is 0 Å². The molecule has 4 rings (SSSR count). The molecule has 0 aromatic heterocycles. The van der Waals surface area contributed by atoms with Gasteiger partial charge in [0.1, 0.15) is 0 Å². The number of primary amides is 1. The van der Waals surface area contributed by atoms with Gasteiger partial charge in [0.2, 0.25) is 5.91 Å². The summed E-state index contributed by atoms with van der Waals surface area (Å²) in [5, 5.41) is 3.01. The second-order valence-electron chi connectivity index (χ2n) is 7.73. The summed E-state index contributed by atoms with van der Waals surface area (Å²) in [6, 6.07) is 20.8. The molecular weight excluding hydrogens is 360 g/mol. The predicted molar refractivity (Wildman–Crippen MR) is 116 cm³/mol. The van der Waals surface area contributed by atoms with Crippen LogP contribution in [-0.2, 0) is 6.42 Å². The Balaban J connectivity index is 1.72. The fraction of sp³-hybridized carbons (Fsp3) is 0.200. The number of rotatable bonds is 6. The summed E-state index contributed by atoms with van der Waals surface area (Å²) in [6.07, 6.45) is 3.39. The van der Waals surface area contributed by atoms with Crippen molar-refractivity contribution in [1.82, 2.24) is 0 Å². The van der Waals surface area contributed by atoms with Crippen LogP contribution in [0.15, 0.2) is 66.7 Å². The van der Waals surface area contributed by atoms with Gasteiger partial charge >= 0.3 is 0 Å². The minimum absolute atomic E-state index is 0.0955. The van der Waals surface area contributed by atoms with Crippen molar-refractivity contribution in [1.29, 1.82) is 0 Å². The molecule has 0 bridgehead atoms. The summed E-state index contributed by atoms with van der Waals surface area (Å²) in [4.78, 5) is 24.5. The molecule has 29 heavy (non-hydrogen) atoms. The number of hydrogen-bond acceptors (Lipinski definition) is 2. The largest absolute Gasteiger partial charge is 0.366 e. The summed E-state index contributed by atoms with van der Waals surface area (Å²) >= 11 is 0. The monoisotopic (exact) mass is 384 g/mol. The molecule has 0 aliphatic heterocycles. The Morgan fingerprint density at radius 2 is 1.69 bits per heavy atom. The van der Waals surface area contributed by atoms with Crippen molar-refractivity contribution in [3.63, 3.8) is 0 Å². The molecule has 0 saturated heterocycles. The molecule has 4 nitrogen and oxygen atoms in total. The lowest BCUT2D eigenvalue weighted by molar-refractivity contribution is 0.0997. The number of carbonyl (C=O) groups excluding carboxylic acids is 2. The number of anilines is 1. The fourth-order valence-electron chi connectivity index (χ4n) is 3.63. The molecule has 3 N–H and O–H groups in total. The molecule has 146 valence electrons. The lowest BCUT2D eigenvalue weighted by atomic mass is 9.91. The quantitative estimate of drug-likeness (QED) is 0.630. The van der Waals surface area contributed by atoms with Gasteiger partial charge in [-0.05, 0) is 84.7 Å². The highest BCUT2D eigenvalue weighted by molar-refractivity contribution is 6.06. The van der Waals surface area contributed by atoms with Gasteiger partial charge in [-0.15, -0.1) is 0 Å². The SMILES string of the molecule is Cc1cc(CC2CC2)c(C(=O)Nc2ccccc2)cc1-c1ccc(C(N)=O)cc1. The Kier molecular flexibility index (Phi) is 5.17. The predicted octanol–water partition coefficient (Wildman–Crippen LogP) is 4.97. The second-order valence-corrected chi connectivity index (χ2v) is 7.73. The molecule has 1 aliphatic carbocycles. The molecule has 0 atom stereocenters. The number of para-hydroxylation sites is 1. The molecule has 3 aromatic carbocycles. The van der Waals surface area contributed by atoms with Crippen molar-refractivity contribution in [3.05, 3.63) is 89.0 Å². The molecule has 1 fully saturated rings. The van der Waals surface area contributed by atoms with Crippen molar-refractivity contribution >= 4 is 17.5 Å². The molecule has 2 amide bonds. The maximum atomic E-state index is 13.1. The van der Waals surface area contributed by atoms with Crippen LogP contribution in [-0.4, -0.2) is 11.8 Å². The van der Waals surface area contributed by atoms with E-state index in [1.807, 2.05) is 48.5 Å². The maximum absolute atomic E-state index is 13.1. The van der Waals surface area contributed by atoms with E-state index in [1.165, 1.54) is 12.8 Å². The van der Waals surface area contributed by atoms with Crippen LogP contribution in [0.4, 0.5) is 5.69 Å². The Morgan fingerprint density at radius 1 is 1.00 bits per heavy atom. The van der Waals surface area contributed by atoms with E-state index in [2.05, 4.69) is 18.3 Å². The first-order valence-electron chi connectivity index (χ1n) is 9.91. The van der Waals surface area contributed by atoms with Crippen molar-refractivity contribution in [2.45, 2.75) is 26.2 Å². The van der Waals surface area contributed by atoms with Crippen LogP contribution in [0.5, 0.6) is 0 Å². The number of amides is 2. The van der Waals surface area contributed by atoms with Crippen LogP contribution >= 0.6 is 0 Å². The van der Waals surface area contributed by atoms with Gasteiger partial charge in [-0.3, -0.25) is 9.59 Å². The fourth-order valence-corrected chi connectivity index (χ4v) is 3.63. The van der Waals surface area contributed by atoms with Crippen LogP contribution in [0, 0.1) is 12.8 Å². The Bertz CT molecular complexity index is 1050. The molecule has 1 aliphatic rings. The van der Waals surface area contributed by atoms with Gasteiger partial charge in [-0.1, -0.05) is 36.4 Å². The lowest BCUT2D eigenvalue weighted by Gasteiger charge is -2.15. The highest BCUT2D eigenvalue weighted by Gasteiger charge is 2.25. The van der Waals surface area contributed by atoms with E-state index in [0.717, 1.165) is 34.4 Å². The first kappa shape index (κ1) is 18.9. The van der Waals surface area contributed by atoms with E-state index >= 15 is 0 Å². The first-order valence-corrected chi connectivity index (χ1v) is 9.91. The smallest absolute Gasteiger partial charge is 0.255 e. The summed E-state index contributed by atoms with van der Waals surface area (Å²) in [6.45, 7) is 2.06. The number of hydrogen-bond donors (Lipinski definition) is 2. The number of benzene rings is 3. The van der Waals surface area contributed by atoms with E-state index in [1.54, 1.807) is 12.1 Å². The zero-order valence-electron chi connectivity index (χ0n) is 16.4. The van der Waals surface area contributed by atoms with Gasteiger partial charge in [-0.25, -0.2) is 0 Å². The minimum Gasteiger partial charge on any atom is -0.366 e. The van der Waals surface area contributed by atoms with Crippen LogP contribution in [0.3, 0.4) is 0 Å². The van der Waals surface area contributed by atoms with Crippen molar-refractivity contribution in [2.24, 2.45) is 11.7 Å². The van der Waals surface area contributed by atoms with E-state index in [4.69, 9.17) is 5.73 Å². The van der Waals surface area contributed by atoms with E-state index in [0.29, 0.717) is 17.0 Å². The molecule has 3 aromatic rings. The molecule has 0 heterocycles. The molecule has 0 unspecified atom stereocenters. The van der Waals surface area contributed by atoms with Gasteiger partial charge < -0.3 is 11.1 Å². The second kappa shape index (κ2) is 7.92. The van der Waals surface area contributed by atoms with Gasteiger partial charge in [0, 0.05) is 16.8 Å². The third-order valence-electron chi connectivity index (χ3n) is 5.41. The maximum Gasteiger partial charge on any atom is 0.255 e. The lowest BCUT2D eigenvalue weighted by Crippen LogP contribution is -2.15. The van der Waals surface area contributed by atoms with E-state index < -0.39 is 5.91 Å². The highest BCUT2D eigenvalue weighted by atomic mass is 16.2. The van der Waals surface area contributed by atoms with Gasteiger partial charge in [0.25, 0.3) is 5.91 Å². The Labute approximate surface area is 170 Å². The van der Waals surface area contributed by atoms with Gasteiger partial charge in [0.05, 0.1) is 0 Å². The molecule has 1 saturated carbocycles. The van der Waals surface area contributed by atoms with E-state index in [-0.39, 0.29) is 5.91 Å². The summed E-state index contributed by atoms with van der Waals surface area (Å²) in [5.41, 5.74) is 11.5. The number of nitrogens with two attached hydrogens (primary N) is 1. The summed E-state index contributed by atoms with van der Waals surface area (Å²) in [5.74, 6) is 0.135. The molecular formula is C25H24N2O2. The topological polar surface area (TPSA) is 72.2 Å². The first-order chi connectivity index (χ1) is 14.0. The molecule has 0 radical (unpaired) electrons. The highest BCUT2D eigenvalue weighted by Crippen LogP contribution is 2.36. The van der Waals surface area contributed by atoms with Crippen LogP contribution in [0.25, 0.3) is 11.1 Å². The standard InChI is InChI=1S/C25H24N2O2/c1-16-13-20(14-17-7-8-17)23(25(29)27-21-5-3-2-4-6-21)15-22(16)18-9-11-19(12-10-18)24(26)28/h2-6,9-13,15,17H,7-8,14H2,1H3,(H2,26,28)(H,27,29). The normalized spacial score (nSPS) is 13.1. The Hall–Kier alpha value is -3.40. The summed E-state index contributed by atoms with van der Waals surface area (Å²) in [7, 11) is 0. The number of carbonyl (C=O) groups is 2. The summed E-state index contributed by atoms with van der Waals surface area (Å²) < 4.78 is 0. The van der Waals surface area contributed by atoms with E-state index in [9.17, 15) is 9.59 Å². The minimum atomic E-state index is -0.448. The number of aryl methyl sites for hydroxylation is 1. The number of nitrogens with one attached hydrogen (secondary N) is 1. The molecule has 0 spiro atoms. The van der Waals surface area contributed by atoms with Crippen molar-refractivity contribution < 1.29 is 9.59 Å². The van der Waals surface area contributed by atoms with Crippen LogP contribution in [0.1, 0.15) is 44.7 Å². The third kappa shape index (κ3) is 4.37. The van der Waals surface area contributed by atoms with Crippen LogP contribution in [0.2, 0.25) is 0 Å². The average molecular weight is 384 g/mol. The van der Waals surface area contributed by atoms with Crippen molar-refractivity contribution in [3.8, 4) is 11.1 Å². The van der Waals surface area contributed by atoms with Crippen molar-refractivity contribution in [2.75, 3.05) is 5.32 Å². The average Bonchev–Trinajstić information content (AvgIpc) is 3.53. The molecule has 4 heteroatoms. The zero-order valence-corrected chi connectivity index (χ0v) is 16.4. The Morgan fingerprint density at radius 3 is 2.31 bits per heavy atom. The third-order valence-corrected chi connectivity index (χ3v) is 5.41. The van der Waals surface area contributed by atoms with Gasteiger partial charge in [0.15, 0.2) is 0 Å².